The highest BCUT2D eigenvalue weighted by Crippen LogP contribution is 2.39. The van der Waals surface area contributed by atoms with E-state index < -0.39 is 0 Å². The van der Waals surface area contributed by atoms with Crippen molar-refractivity contribution in [3.8, 4) is 0 Å². The summed E-state index contributed by atoms with van der Waals surface area (Å²) < 4.78 is 0. The maximum Gasteiger partial charge on any atom is 0.264 e. The molecule has 106 valence electrons. The van der Waals surface area contributed by atoms with E-state index in [1.165, 1.54) is 19.3 Å². The molecule has 0 aliphatic carbocycles. The van der Waals surface area contributed by atoms with Gasteiger partial charge in [-0.05, 0) is 37.5 Å². The average molecular weight is 280 g/mol. The van der Waals surface area contributed by atoms with Crippen LogP contribution < -0.4 is 4.90 Å². The summed E-state index contributed by atoms with van der Waals surface area (Å²) in [7, 11) is 0. The third-order valence-electron chi connectivity index (χ3n) is 4.32. The van der Waals surface area contributed by atoms with Gasteiger partial charge in [-0.1, -0.05) is 12.1 Å². The standard InChI is InChI=1S/C17H16N2O2/c20-16-13-6-2-3-7-14(13)19-15(16)10-12(17(19)21)11-18-8-4-1-5-9-18/h2-3,6-7,10-11H,1,4-5,8-9H2. The van der Waals surface area contributed by atoms with E-state index in [1.807, 2.05) is 24.4 Å². The SMILES string of the molecule is O=C1C2=CC(=CN3CCCCC3)C(=O)N2c2ccccc21. The predicted molar refractivity (Wildman–Crippen MR) is 79.8 cm³/mol. The first-order chi connectivity index (χ1) is 10.3. The maximum absolute atomic E-state index is 12.6. The Morgan fingerprint density at radius 3 is 2.57 bits per heavy atom. The smallest absolute Gasteiger partial charge is 0.264 e. The summed E-state index contributed by atoms with van der Waals surface area (Å²) in [5.41, 5.74) is 2.44. The van der Waals surface area contributed by atoms with E-state index in [0.717, 1.165) is 13.1 Å². The molecule has 0 spiro atoms. The molecule has 1 aromatic carbocycles. The Bertz CT molecular complexity index is 696. The van der Waals surface area contributed by atoms with E-state index in [1.54, 1.807) is 17.0 Å². The van der Waals surface area contributed by atoms with Crippen molar-refractivity contribution < 1.29 is 9.59 Å². The summed E-state index contributed by atoms with van der Waals surface area (Å²) in [6.45, 7) is 1.98. The highest BCUT2D eigenvalue weighted by atomic mass is 16.2. The van der Waals surface area contributed by atoms with E-state index >= 15 is 0 Å². The fraction of sp³-hybridized carbons (Fsp3) is 0.294. The second-order valence-corrected chi connectivity index (χ2v) is 5.70. The molecule has 3 aliphatic rings. The van der Waals surface area contributed by atoms with Crippen LogP contribution in [0.15, 0.2) is 47.8 Å². The number of fused-ring (bicyclic) bond motifs is 3. The number of piperidine rings is 1. The van der Waals surface area contributed by atoms with Gasteiger partial charge in [-0.3, -0.25) is 14.5 Å². The van der Waals surface area contributed by atoms with Crippen LogP contribution in [-0.2, 0) is 4.79 Å². The second kappa shape index (κ2) is 4.58. The van der Waals surface area contributed by atoms with Crippen LogP contribution in [0, 0.1) is 0 Å². The molecular formula is C17H16N2O2. The van der Waals surface area contributed by atoms with Crippen LogP contribution in [0.5, 0.6) is 0 Å². The highest BCUT2D eigenvalue weighted by molar-refractivity contribution is 6.31. The number of anilines is 1. The Kier molecular flexibility index (Phi) is 2.70. The van der Waals surface area contributed by atoms with Gasteiger partial charge in [-0.25, -0.2) is 0 Å². The molecule has 1 saturated heterocycles. The minimum Gasteiger partial charge on any atom is -0.377 e. The molecule has 0 atom stereocenters. The summed E-state index contributed by atoms with van der Waals surface area (Å²) in [6.07, 6.45) is 7.24. The number of rotatable bonds is 1. The number of para-hydroxylation sites is 1. The van der Waals surface area contributed by atoms with Crippen LogP contribution in [0.2, 0.25) is 0 Å². The van der Waals surface area contributed by atoms with E-state index in [-0.39, 0.29) is 11.7 Å². The summed E-state index contributed by atoms with van der Waals surface area (Å²) in [5, 5.41) is 0. The Morgan fingerprint density at radius 2 is 1.76 bits per heavy atom. The van der Waals surface area contributed by atoms with Crippen LogP contribution in [0.4, 0.5) is 5.69 Å². The third kappa shape index (κ3) is 1.82. The normalized spacial score (nSPS) is 22.7. The van der Waals surface area contributed by atoms with Gasteiger partial charge in [0.25, 0.3) is 5.91 Å². The largest absolute Gasteiger partial charge is 0.377 e. The zero-order valence-electron chi connectivity index (χ0n) is 11.7. The van der Waals surface area contributed by atoms with Gasteiger partial charge in [0.05, 0.1) is 17.0 Å². The zero-order chi connectivity index (χ0) is 14.4. The Morgan fingerprint density at radius 1 is 1.00 bits per heavy atom. The molecule has 0 radical (unpaired) electrons. The van der Waals surface area contributed by atoms with Crippen molar-refractivity contribution in [3.63, 3.8) is 0 Å². The first kappa shape index (κ1) is 12.4. The lowest BCUT2D eigenvalue weighted by molar-refractivity contribution is -0.114. The van der Waals surface area contributed by atoms with E-state index in [9.17, 15) is 9.59 Å². The Balaban J connectivity index is 1.70. The minimum atomic E-state index is -0.0890. The first-order valence-corrected chi connectivity index (χ1v) is 7.41. The van der Waals surface area contributed by atoms with E-state index in [0.29, 0.717) is 22.5 Å². The number of likely N-dealkylation sites (tertiary alicyclic amines) is 1. The molecular weight excluding hydrogens is 264 g/mol. The van der Waals surface area contributed by atoms with Crippen molar-refractivity contribution >= 4 is 17.4 Å². The van der Waals surface area contributed by atoms with Gasteiger partial charge < -0.3 is 4.90 Å². The Hall–Kier alpha value is -2.36. The monoisotopic (exact) mass is 280 g/mol. The third-order valence-corrected chi connectivity index (χ3v) is 4.32. The van der Waals surface area contributed by atoms with Gasteiger partial charge in [0, 0.05) is 24.9 Å². The zero-order valence-corrected chi connectivity index (χ0v) is 11.7. The lowest BCUT2D eigenvalue weighted by Gasteiger charge is -2.25. The molecule has 0 bridgehead atoms. The van der Waals surface area contributed by atoms with Crippen LogP contribution in [0.3, 0.4) is 0 Å². The molecule has 4 rings (SSSR count). The molecule has 0 N–H and O–H groups in total. The minimum absolute atomic E-state index is 0.0546. The van der Waals surface area contributed by atoms with Crippen molar-refractivity contribution in [2.45, 2.75) is 19.3 Å². The van der Waals surface area contributed by atoms with Crippen LogP contribution in [-0.4, -0.2) is 29.7 Å². The van der Waals surface area contributed by atoms with E-state index in [4.69, 9.17) is 0 Å². The molecule has 0 unspecified atom stereocenters. The number of carbonyl (C=O) groups is 2. The maximum atomic E-state index is 12.6. The lowest BCUT2D eigenvalue weighted by atomic mass is 10.1. The molecule has 1 aromatic rings. The van der Waals surface area contributed by atoms with Crippen LogP contribution in [0.1, 0.15) is 29.6 Å². The van der Waals surface area contributed by atoms with Gasteiger partial charge in [-0.2, -0.15) is 0 Å². The summed E-state index contributed by atoms with van der Waals surface area (Å²) in [4.78, 5) is 28.7. The molecule has 4 nitrogen and oxygen atoms in total. The number of Topliss-reactive ketones (excluding diaryl/α,β-unsaturated/α-hetero) is 1. The molecule has 21 heavy (non-hydrogen) atoms. The van der Waals surface area contributed by atoms with Crippen molar-refractivity contribution in [2.75, 3.05) is 18.0 Å². The quantitative estimate of drug-likeness (QED) is 0.742. The predicted octanol–water partition coefficient (Wildman–Crippen LogP) is 2.48. The summed E-state index contributed by atoms with van der Waals surface area (Å²) >= 11 is 0. The number of benzene rings is 1. The number of nitrogens with zero attached hydrogens (tertiary/aromatic N) is 2. The second-order valence-electron chi connectivity index (χ2n) is 5.70. The number of allylic oxidation sites excluding steroid dienone is 1. The number of carbonyl (C=O) groups excluding carboxylic acids is 2. The van der Waals surface area contributed by atoms with Crippen molar-refractivity contribution in [3.05, 3.63) is 53.4 Å². The lowest BCUT2D eigenvalue weighted by Crippen LogP contribution is -2.27. The summed E-state index contributed by atoms with van der Waals surface area (Å²) in [5.74, 6) is -0.144. The van der Waals surface area contributed by atoms with Crippen molar-refractivity contribution in [1.82, 2.24) is 4.90 Å². The van der Waals surface area contributed by atoms with Gasteiger partial charge in [0.2, 0.25) is 5.78 Å². The summed E-state index contributed by atoms with van der Waals surface area (Å²) in [6, 6.07) is 7.29. The van der Waals surface area contributed by atoms with Gasteiger partial charge >= 0.3 is 0 Å². The number of amides is 1. The van der Waals surface area contributed by atoms with Crippen LogP contribution >= 0.6 is 0 Å². The van der Waals surface area contributed by atoms with Crippen molar-refractivity contribution in [1.29, 1.82) is 0 Å². The molecule has 0 saturated carbocycles. The van der Waals surface area contributed by atoms with Gasteiger partial charge in [0.1, 0.15) is 0 Å². The molecule has 3 aliphatic heterocycles. The molecule has 1 fully saturated rings. The highest BCUT2D eigenvalue weighted by Gasteiger charge is 2.41. The molecule has 4 heteroatoms. The van der Waals surface area contributed by atoms with Gasteiger partial charge in [-0.15, -0.1) is 0 Å². The average Bonchev–Trinajstić information content (AvgIpc) is 2.98. The fourth-order valence-electron chi connectivity index (χ4n) is 3.25. The number of ketones is 1. The van der Waals surface area contributed by atoms with E-state index in [2.05, 4.69) is 4.90 Å². The first-order valence-electron chi connectivity index (χ1n) is 7.41. The molecule has 1 amide bonds. The number of hydrogen-bond donors (Lipinski definition) is 0. The molecule has 3 heterocycles. The fourth-order valence-corrected chi connectivity index (χ4v) is 3.25. The number of hydrogen-bond acceptors (Lipinski definition) is 3. The van der Waals surface area contributed by atoms with Crippen LogP contribution in [0.25, 0.3) is 0 Å². The topological polar surface area (TPSA) is 40.6 Å². The Labute approximate surface area is 123 Å². The van der Waals surface area contributed by atoms with Crippen molar-refractivity contribution in [2.24, 2.45) is 0 Å². The molecule has 0 aromatic heterocycles. The van der Waals surface area contributed by atoms with Gasteiger partial charge in [0.15, 0.2) is 0 Å².